The number of carbonyl (C=O) groups is 1. The van der Waals surface area contributed by atoms with E-state index in [2.05, 4.69) is 33.0 Å². The third kappa shape index (κ3) is 3.72. The molecule has 1 fully saturated rings. The highest BCUT2D eigenvalue weighted by Gasteiger charge is 2.28. The van der Waals surface area contributed by atoms with Crippen molar-refractivity contribution < 1.29 is 4.79 Å². The number of aromatic nitrogens is 2. The van der Waals surface area contributed by atoms with Crippen molar-refractivity contribution >= 4 is 17.5 Å². The standard InChI is InChI=1S/C19H25ClN4O/c1-13-11-23(10-9-21-13)18(25)15-12-24(19(2,3)4)22-17(15)14-7-5-6-8-16(14)20/h5-8,12-13,21H,9-11H2,1-4H3. The first-order valence-electron chi connectivity index (χ1n) is 8.65. The van der Waals surface area contributed by atoms with E-state index in [1.807, 2.05) is 40.0 Å². The molecule has 0 bridgehead atoms. The second kappa shape index (κ2) is 6.81. The highest BCUT2D eigenvalue weighted by molar-refractivity contribution is 6.33. The van der Waals surface area contributed by atoms with Crippen molar-refractivity contribution in [1.29, 1.82) is 0 Å². The maximum absolute atomic E-state index is 13.2. The molecule has 1 aromatic carbocycles. The summed E-state index contributed by atoms with van der Waals surface area (Å²) in [7, 11) is 0. The summed E-state index contributed by atoms with van der Waals surface area (Å²) in [4.78, 5) is 15.1. The number of nitrogens with zero attached hydrogens (tertiary/aromatic N) is 3. The van der Waals surface area contributed by atoms with Crippen LogP contribution in [0.2, 0.25) is 5.02 Å². The van der Waals surface area contributed by atoms with Gasteiger partial charge in [-0.2, -0.15) is 5.10 Å². The maximum Gasteiger partial charge on any atom is 0.257 e. The molecule has 0 aliphatic carbocycles. The number of benzene rings is 1. The molecule has 0 spiro atoms. The molecule has 25 heavy (non-hydrogen) atoms. The zero-order valence-corrected chi connectivity index (χ0v) is 16.0. The third-order valence-electron chi connectivity index (χ3n) is 4.42. The first kappa shape index (κ1) is 18.0. The molecule has 1 amide bonds. The van der Waals surface area contributed by atoms with Crippen LogP contribution in [0.15, 0.2) is 30.5 Å². The van der Waals surface area contributed by atoms with Crippen LogP contribution in [0.25, 0.3) is 11.3 Å². The van der Waals surface area contributed by atoms with Gasteiger partial charge in [-0.15, -0.1) is 0 Å². The van der Waals surface area contributed by atoms with Crippen LogP contribution >= 0.6 is 11.6 Å². The van der Waals surface area contributed by atoms with Crippen molar-refractivity contribution in [3.8, 4) is 11.3 Å². The Morgan fingerprint density at radius 3 is 2.68 bits per heavy atom. The van der Waals surface area contributed by atoms with Gasteiger partial charge in [-0.25, -0.2) is 0 Å². The predicted octanol–water partition coefficient (Wildman–Crippen LogP) is 3.39. The number of rotatable bonds is 2. The molecule has 1 aromatic heterocycles. The fraction of sp³-hybridized carbons (Fsp3) is 0.474. The van der Waals surface area contributed by atoms with Crippen LogP contribution in [-0.2, 0) is 5.54 Å². The lowest BCUT2D eigenvalue weighted by molar-refractivity contribution is 0.0709. The van der Waals surface area contributed by atoms with Crippen molar-refractivity contribution in [2.24, 2.45) is 0 Å². The zero-order valence-electron chi connectivity index (χ0n) is 15.2. The number of piperazine rings is 1. The molecule has 0 saturated carbocycles. The van der Waals surface area contributed by atoms with Crippen LogP contribution in [0.1, 0.15) is 38.1 Å². The quantitative estimate of drug-likeness (QED) is 0.893. The van der Waals surface area contributed by atoms with E-state index in [-0.39, 0.29) is 11.4 Å². The number of amides is 1. The zero-order chi connectivity index (χ0) is 18.2. The van der Waals surface area contributed by atoms with Gasteiger partial charge < -0.3 is 10.2 Å². The minimum absolute atomic E-state index is 0.0127. The smallest absolute Gasteiger partial charge is 0.257 e. The fourth-order valence-electron chi connectivity index (χ4n) is 3.01. The average Bonchev–Trinajstić information content (AvgIpc) is 3.00. The maximum atomic E-state index is 13.2. The second-order valence-electron chi connectivity index (χ2n) is 7.59. The van der Waals surface area contributed by atoms with E-state index in [1.54, 1.807) is 0 Å². The first-order valence-corrected chi connectivity index (χ1v) is 9.03. The van der Waals surface area contributed by atoms with E-state index >= 15 is 0 Å². The molecule has 1 atom stereocenters. The molecule has 1 unspecified atom stereocenters. The molecule has 6 heteroatoms. The number of nitrogens with one attached hydrogen (secondary N) is 1. The summed E-state index contributed by atoms with van der Waals surface area (Å²) in [5.74, 6) is 0.0127. The van der Waals surface area contributed by atoms with Gasteiger partial charge in [0.2, 0.25) is 0 Å². The summed E-state index contributed by atoms with van der Waals surface area (Å²) in [6.45, 7) is 10.5. The van der Waals surface area contributed by atoms with Crippen molar-refractivity contribution in [2.75, 3.05) is 19.6 Å². The van der Waals surface area contributed by atoms with Gasteiger partial charge >= 0.3 is 0 Å². The van der Waals surface area contributed by atoms with E-state index < -0.39 is 0 Å². The van der Waals surface area contributed by atoms with Gasteiger partial charge in [0, 0.05) is 37.4 Å². The van der Waals surface area contributed by atoms with Crippen LogP contribution in [0.4, 0.5) is 0 Å². The topological polar surface area (TPSA) is 50.2 Å². The predicted molar refractivity (Wildman–Crippen MR) is 101 cm³/mol. The summed E-state index contributed by atoms with van der Waals surface area (Å²) in [6, 6.07) is 7.83. The third-order valence-corrected chi connectivity index (χ3v) is 4.75. The van der Waals surface area contributed by atoms with Gasteiger partial charge in [-0.1, -0.05) is 29.8 Å². The lowest BCUT2D eigenvalue weighted by Crippen LogP contribution is -2.51. The Labute approximate surface area is 154 Å². The lowest BCUT2D eigenvalue weighted by Gasteiger charge is -2.31. The number of halogens is 1. The summed E-state index contributed by atoms with van der Waals surface area (Å²) >= 11 is 6.38. The van der Waals surface area contributed by atoms with Crippen LogP contribution in [0.3, 0.4) is 0 Å². The van der Waals surface area contributed by atoms with Gasteiger partial charge in [-0.3, -0.25) is 9.48 Å². The van der Waals surface area contributed by atoms with Crippen molar-refractivity contribution in [1.82, 2.24) is 20.0 Å². The van der Waals surface area contributed by atoms with E-state index in [1.165, 1.54) is 0 Å². The summed E-state index contributed by atoms with van der Waals surface area (Å²) < 4.78 is 1.85. The summed E-state index contributed by atoms with van der Waals surface area (Å²) in [6.07, 6.45) is 1.85. The van der Waals surface area contributed by atoms with Crippen molar-refractivity contribution in [2.45, 2.75) is 39.3 Å². The van der Waals surface area contributed by atoms with Gasteiger partial charge in [0.15, 0.2) is 0 Å². The minimum atomic E-state index is -0.217. The molecule has 0 radical (unpaired) electrons. The van der Waals surface area contributed by atoms with Gasteiger partial charge in [0.1, 0.15) is 5.69 Å². The molecule has 3 rings (SSSR count). The highest BCUT2D eigenvalue weighted by atomic mass is 35.5. The summed E-state index contributed by atoms with van der Waals surface area (Å²) in [5.41, 5.74) is 1.83. The van der Waals surface area contributed by atoms with Crippen LogP contribution in [-0.4, -0.2) is 46.3 Å². The molecular weight excluding hydrogens is 336 g/mol. The van der Waals surface area contributed by atoms with E-state index in [4.69, 9.17) is 16.7 Å². The van der Waals surface area contributed by atoms with Crippen molar-refractivity contribution in [3.63, 3.8) is 0 Å². The normalized spacial score (nSPS) is 18.4. The number of carbonyl (C=O) groups excluding carboxylic acids is 1. The molecule has 1 saturated heterocycles. The Balaban J connectivity index is 2.07. The Kier molecular flexibility index (Phi) is 4.89. The Hall–Kier alpha value is -1.85. The molecule has 134 valence electrons. The number of hydrogen-bond donors (Lipinski definition) is 1. The SMILES string of the molecule is CC1CN(C(=O)c2cn(C(C)(C)C)nc2-c2ccccc2Cl)CCN1. The molecule has 1 N–H and O–H groups in total. The summed E-state index contributed by atoms with van der Waals surface area (Å²) in [5, 5.41) is 8.69. The average molecular weight is 361 g/mol. The van der Waals surface area contributed by atoms with Gasteiger partial charge in [0.05, 0.1) is 16.1 Å². The largest absolute Gasteiger partial charge is 0.336 e. The number of hydrogen-bond acceptors (Lipinski definition) is 3. The second-order valence-corrected chi connectivity index (χ2v) is 8.00. The molecule has 1 aliphatic rings. The molecule has 1 aliphatic heterocycles. The van der Waals surface area contributed by atoms with Gasteiger partial charge in [0.25, 0.3) is 5.91 Å². The minimum Gasteiger partial charge on any atom is -0.336 e. The molecule has 2 heterocycles. The lowest BCUT2D eigenvalue weighted by atomic mass is 10.1. The van der Waals surface area contributed by atoms with Crippen LogP contribution in [0.5, 0.6) is 0 Å². The fourth-order valence-corrected chi connectivity index (χ4v) is 3.24. The Morgan fingerprint density at radius 2 is 2.04 bits per heavy atom. The molecule has 5 nitrogen and oxygen atoms in total. The molecular formula is C19H25ClN4O. The van der Waals surface area contributed by atoms with E-state index in [0.29, 0.717) is 35.4 Å². The Morgan fingerprint density at radius 1 is 1.32 bits per heavy atom. The first-order chi connectivity index (χ1) is 11.8. The van der Waals surface area contributed by atoms with Crippen molar-refractivity contribution in [3.05, 3.63) is 41.0 Å². The monoisotopic (exact) mass is 360 g/mol. The van der Waals surface area contributed by atoms with E-state index in [9.17, 15) is 4.79 Å². The highest BCUT2D eigenvalue weighted by Crippen LogP contribution is 2.31. The van der Waals surface area contributed by atoms with Crippen LogP contribution < -0.4 is 5.32 Å². The van der Waals surface area contributed by atoms with E-state index in [0.717, 1.165) is 12.1 Å². The van der Waals surface area contributed by atoms with Gasteiger partial charge in [-0.05, 0) is 33.8 Å². The molecule has 2 aromatic rings. The Bertz CT molecular complexity index is 778. The van der Waals surface area contributed by atoms with Crippen LogP contribution in [0, 0.1) is 0 Å².